The van der Waals surface area contributed by atoms with Crippen LogP contribution in [0, 0.1) is 0 Å². The lowest BCUT2D eigenvalue weighted by Gasteiger charge is -2.13. The SMILES string of the molecule is CC(C(=O)c1c[nH]c(C(=O)C(Cl)(Cl)Cl)c1)c1ncc(C(F)(F)F)cc1Cl. The molecule has 2 rings (SSSR count). The first kappa shape index (κ1) is 21.0. The van der Waals surface area contributed by atoms with Crippen molar-refractivity contribution >= 4 is 58.0 Å². The van der Waals surface area contributed by atoms with E-state index in [1.54, 1.807) is 0 Å². The number of alkyl halides is 6. The summed E-state index contributed by atoms with van der Waals surface area (Å²) in [5, 5.41) is -0.297. The number of aromatic amines is 1. The molecule has 1 unspecified atom stereocenters. The Kier molecular flexibility index (Phi) is 5.97. The van der Waals surface area contributed by atoms with Gasteiger partial charge >= 0.3 is 6.18 Å². The first-order valence-electron chi connectivity index (χ1n) is 6.89. The minimum Gasteiger partial charge on any atom is -0.358 e. The molecular formula is C15H9Cl4F3N2O2. The zero-order chi connectivity index (χ0) is 19.9. The van der Waals surface area contributed by atoms with Gasteiger partial charge in [0.05, 0.1) is 27.9 Å². The van der Waals surface area contributed by atoms with Crippen LogP contribution in [0.15, 0.2) is 24.5 Å². The molecule has 0 bridgehead atoms. The molecule has 0 saturated heterocycles. The van der Waals surface area contributed by atoms with Gasteiger partial charge in [0.15, 0.2) is 5.78 Å². The Bertz CT molecular complexity index is 859. The number of hydrogen-bond acceptors (Lipinski definition) is 3. The normalized spacial score (nSPS) is 13.5. The number of nitrogens with one attached hydrogen (secondary N) is 1. The van der Waals surface area contributed by atoms with E-state index in [1.807, 2.05) is 0 Å². The second-order valence-electron chi connectivity index (χ2n) is 5.30. The number of aromatic nitrogens is 2. The standard InChI is InChI=1S/C15H9Cl4F3N2O2/c1-6(11-9(16)3-8(5-24-11)15(20,21)22)12(25)7-2-10(23-4-7)13(26)14(17,18)19/h2-6,23H,1H3. The van der Waals surface area contributed by atoms with Crippen molar-refractivity contribution in [3.05, 3.63) is 52.1 Å². The fourth-order valence-electron chi connectivity index (χ4n) is 2.12. The number of carbonyl (C=O) groups is 2. The lowest BCUT2D eigenvalue weighted by molar-refractivity contribution is -0.137. The molecule has 0 aliphatic heterocycles. The van der Waals surface area contributed by atoms with Crippen LogP contribution < -0.4 is 0 Å². The van der Waals surface area contributed by atoms with E-state index in [4.69, 9.17) is 46.4 Å². The highest BCUT2D eigenvalue weighted by atomic mass is 35.6. The van der Waals surface area contributed by atoms with Crippen molar-refractivity contribution in [1.29, 1.82) is 0 Å². The number of ketones is 2. The van der Waals surface area contributed by atoms with Crippen LogP contribution in [0.5, 0.6) is 0 Å². The van der Waals surface area contributed by atoms with Crippen LogP contribution in [-0.4, -0.2) is 25.3 Å². The maximum atomic E-state index is 12.7. The van der Waals surface area contributed by atoms with E-state index in [-0.39, 0.29) is 22.0 Å². The summed E-state index contributed by atoms with van der Waals surface area (Å²) in [5.74, 6) is -2.35. The Morgan fingerprint density at radius 1 is 1.19 bits per heavy atom. The van der Waals surface area contributed by atoms with Crippen molar-refractivity contribution in [1.82, 2.24) is 9.97 Å². The van der Waals surface area contributed by atoms with E-state index in [1.165, 1.54) is 19.2 Å². The summed E-state index contributed by atoms with van der Waals surface area (Å²) < 4.78 is 35.8. The number of pyridine rings is 1. The molecule has 140 valence electrons. The molecule has 1 atom stereocenters. The maximum absolute atomic E-state index is 12.7. The second kappa shape index (κ2) is 7.38. The summed E-state index contributed by atoms with van der Waals surface area (Å²) in [6.45, 7) is 1.42. The summed E-state index contributed by atoms with van der Waals surface area (Å²) >= 11 is 22.3. The topological polar surface area (TPSA) is 62.8 Å². The summed E-state index contributed by atoms with van der Waals surface area (Å²) in [6.07, 6.45) is -2.78. The second-order valence-corrected chi connectivity index (χ2v) is 7.99. The molecule has 26 heavy (non-hydrogen) atoms. The molecule has 2 aromatic rings. The van der Waals surface area contributed by atoms with Crippen LogP contribution in [-0.2, 0) is 6.18 Å². The van der Waals surface area contributed by atoms with Gasteiger partial charge in [-0.2, -0.15) is 13.2 Å². The lowest BCUT2D eigenvalue weighted by Crippen LogP contribution is -2.19. The van der Waals surface area contributed by atoms with Gasteiger partial charge in [0.1, 0.15) is 0 Å². The largest absolute Gasteiger partial charge is 0.417 e. The average Bonchev–Trinajstić information content (AvgIpc) is 3.00. The quantitative estimate of drug-likeness (QED) is 0.488. The molecule has 11 heteroatoms. The van der Waals surface area contributed by atoms with Gasteiger partial charge in [-0.05, 0) is 19.1 Å². The van der Waals surface area contributed by atoms with Crippen LogP contribution in [0.4, 0.5) is 13.2 Å². The van der Waals surface area contributed by atoms with Gasteiger partial charge in [-0.1, -0.05) is 46.4 Å². The predicted molar refractivity (Wildman–Crippen MR) is 92.4 cm³/mol. The summed E-state index contributed by atoms with van der Waals surface area (Å²) in [7, 11) is 0. The molecule has 0 amide bonds. The first-order valence-corrected chi connectivity index (χ1v) is 8.40. The Morgan fingerprint density at radius 2 is 1.81 bits per heavy atom. The third-order valence-electron chi connectivity index (χ3n) is 3.47. The van der Waals surface area contributed by atoms with E-state index in [0.29, 0.717) is 12.3 Å². The summed E-state index contributed by atoms with van der Waals surface area (Å²) in [4.78, 5) is 30.5. The fraction of sp³-hybridized carbons (Fsp3) is 0.267. The minimum atomic E-state index is -4.60. The number of hydrogen-bond donors (Lipinski definition) is 1. The van der Waals surface area contributed by atoms with Crippen molar-refractivity contribution in [2.45, 2.75) is 22.8 Å². The molecule has 0 aromatic carbocycles. The molecule has 0 aliphatic carbocycles. The van der Waals surface area contributed by atoms with Crippen molar-refractivity contribution in [3.8, 4) is 0 Å². The molecule has 0 spiro atoms. The molecule has 1 N–H and O–H groups in total. The van der Waals surface area contributed by atoms with Crippen LogP contribution in [0.1, 0.15) is 44.9 Å². The molecule has 0 radical (unpaired) electrons. The van der Waals surface area contributed by atoms with Crippen molar-refractivity contribution in [3.63, 3.8) is 0 Å². The average molecular weight is 448 g/mol. The van der Waals surface area contributed by atoms with Gasteiger partial charge in [-0.25, -0.2) is 0 Å². The van der Waals surface area contributed by atoms with Gasteiger partial charge in [0, 0.05) is 18.0 Å². The zero-order valence-corrected chi connectivity index (χ0v) is 15.8. The van der Waals surface area contributed by atoms with E-state index in [9.17, 15) is 22.8 Å². The van der Waals surface area contributed by atoms with Gasteiger partial charge in [0.2, 0.25) is 5.78 Å². The molecule has 2 heterocycles. The van der Waals surface area contributed by atoms with Crippen LogP contribution in [0.3, 0.4) is 0 Å². The monoisotopic (exact) mass is 446 g/mol. The molecule has 0 aliphatic rings. The third-order valence-corrected chi connectivity index (χ3v) is 4.29. The van der Waals surface area contributed by atoms with Crippen molar-refractivity contribution < 1.29 is 22.8 Å². The predicted octanol–water partition coefficient (Wildman–Crippen LogP) is 5.62. The highest BCUT2D eigenvalue weighted by Gasteiger charge is 2.34. The van der Waals surface area contributed by atoms with E-state index in [0.717, 1.165) is 0 Å². The number of carbonyl (C=O) groups excluding carboxylic acids is 2. The van der Waals surface area contributed by atoms with E-state index >= 15 is 0 Å². The molecule has 0 fully saturated rings. The Balaban J connectivity index is 2.28. The molecule has 4 nitrogen and oxygen atoms in total. The first-order chi connectivity index (χ1) is 11.8. The molecular weight excluding hydrogens is 439 g/mol. The number of rotatable bonds is 4. The lowest BCUT2D eigenvalue weighted by atomic mass is 9.97. The molecule has 0 saturated carbocycles. The number of H-pyrrole nitrogens is 1. The van der Waals surface area contributed by atoms with E-state index < -0.39 is 33.0 Å². The maximum Gasteiger partial charge on any atom is 0.417 e. The summed E-state index contributed by atoms with van der Waals surface area (Å²) in [5.41, 5.74) is -1.09. The number of Topliss-reactive ketones (excluding diaryl/α,β-unsaturated/α-hetero) is 2. The fourth-order valence-corrected chi connectivity index (χ4v) is 2.75. The molecule has 2 aromatic heterocycles. The van der Waals surface area contributed by atoms with Crippen LogP contribution in [0.2, 0.25) is 5.02 Å². The van der Waals surface area contributed by atoms with Crippen LogP contribution in [0.25, 0.3) is 0 Å². The van der Waals surface area contributed by atoms with Crippen molar-refractivity contribution in [2.24, 2.45) is 0 Å². The third kappa shape index (κ3) is 4.52. The Hall–Kier alpha value is -1.28. The smallest absolute Gasteiger partial charge is 0.358 e. The highest BCUT2D eigenvalue weighted by molar-refractivity contribution is 6.77. The van der Waals surface area contributed by atoms with Crippen LogP contribution >= 0.6 is 46.4 Å². The number of nitrogens with zero attached hydrogens (tertiary/aromatic N) is 1. The zero-order valence-electron chi connectivity index (χ0n) is 12.8. The van der Waals surface area contributed by atoms with Crippen molar-refractivity contribution in [2.75, 3.05) is 0 Å². The van der Waals surface area contributed by atoms with Gasteiger partial charge in [-0.3, -0.25) is 14.6 Å². The van der Waals surface area contributed by atoms with E-state index in [2.05, 4.69) is 9.97 Å². The minimum absolute atomic E-state index is 0.0277. The van der Waals surface area contributed by atoms with Gasteiger partial charge < -0.3 is 4.98 Å². The number of halogens is 7. The Labute approximate surface area is 165 Å². The van der Waals surface area contributed by atoms with Gasteiger partial charge in [0.25, 0.3) is 3.79 Å². The summed E-state index contributed by atoms with van der Waals surface area (Å²) in [6, 6.07) is 1.88. The van der Waals surface area contributed by atoms with Gasteiger partial charge in [-0.15, -0.1) is 0 Å². The Morgan fingerprint density at radius 3 is 2.31 bits per heavy atom. The highest BCUT2D eigenvalue weighted by Crippen LogP contribution is 2.34.